The zero-order valence-electron chi connectivity index (χ0n) is 13.2. The Morgan fingerprint density at radius 2 is 1.86 bits per heavy atom. The van der Waals surface area contributed by atoms with Gasteiger partial charge in [0.2, 0.25) is 15.9 Å². The number of amides is 1. The second kappa shape index (κ2) is 8.67. The van der Waals surface area contributed by atoms with Gasteiger partial charge in [-0.25, -0.2) is 13.1 Å². The van der Waals surface area contributed by atoms with Gasteiger partial charge in [-0.15, -0.1) is 0 Å². The highest BCUT2D eigenvalue weighted by Crippen LogP contribution is 2.05. The summed E-state index contributed by atoms with van der Waals surface area (Å²) in [6.07, 6.45) is 4.42. The van der Waals surface area contributed by atoms with Crippen molar-refractivity contribution in [1.82, 2.24) is 14.9 Å². The molecular weight excluding hydrogens is 302 g/mol. The number of carbonyl (C=O) groups is 1. The largest absolute Gasteiger partial charge is 0.348 e. The molecule has 0 spiro atoms. The van der Waals surface area contributed by atoms with E-state index in [9.17, 15) is 13.2 Å². The molecule has 1 aromatic carbocycles. The fourth-order valence-corrected chi connectivity index (χ4v) is 2.11. The molecule has 0 unspecified atom stereocenters. The Hall–Kier alpha value is -1.70. The van der Waals surface area contributed by atoms with Crippen molar-refractivity contribution < 1.29 is 13.2 Å². The summed E-state index contributed by atoms with van der Waals surface area (Å²) in [6, 6.07) is 7.42. The summed E-state index contributed by atoms with van der Waals surface area (Å²) in [5.74, 6) is -0.151. The van der Waals surface area contributed by atoms with E-state index >= 15 is 0 Å². The zero-order valence-corrected chi connectivity index (χ0v) is 14.0. The maximum atomic E-state index is 11.6. The average Bonchev–Trinajstić information content (AvgIpc) is 2.42. The van der Waals surface area contributed by atoms with Gasteiger partial charge in [0.25, 0.3) is 0 Å². The smallest absolute Gasteiger partial charge is 0.243 e. The summed E-state index contributed by atoms with van der Waals surface area (Å²) in [5.41, 5.74) is 1.77. The zero-order chi connectivity index (χ0) is 16.6. The first-order valence-corrected chi connectivity index (χ1v) is 8.77. The molecule has 1 aromatic rings. The summed E-state index contributed by atoms with van der Waals surface area (Å²) >= 11 is 0. The predicted molar refractivity (Wildman–Crippen MR) is 87.7 cm³/mol. The van der Waals surface area contributed by atoms with Gasteiger partial charge in [0.15, 0.2) is 0 Å². The third kappa shape index (κ3) is 8.56. The van der Waals surface area contributed by atoms with E-state index in [2.05, 4.69) is 10.0 Å². The minimum atomic E-state index is -3.21. The van der Waals surface area contributed by atoms with E-state index in [4.69, 9.17) is 0 Å². The molecule has 0 aliphatic heterocycles. The number of likely N-dealkylation sites (N-methyl/N-ethyl adjacent to an activating group) is 1. The van der Waals surface area contributed by atoms with Gasteiger partial charge in [0, 0.05) is 25.7 Å². The van der Waals surface area contributed by atoms with Crippen molar-refractivity contribution in [1.29, 1.82) is 0 Å². The van der Waals surface area contributed by atoms with Crippen LogP contribution in [-0.4, -0.2) is 46.1 Å². The standard InChI is InChI=1S/C15H23N3O3S/c1-18(2)9-5-8-15(19)16-11-13-6-4-7-14(10-13)12-17-22(3,20)21/h4-8,10,17H,9,11-12H2,1-3H3,(H,16,19)/b8-5+. The van der Waals surface area contributed by atoms with Crippen molar-refractivity contribution in [2.24, 2.45) is 0 Å². The highest BCUT2D eigenvalue weighted by molar-refractivity contribution is 7.88. The summed E-state index contributed by atoms with van der Waals surface area (Å²) in [4.78, 5) is 13.6. The van der Waals surface area contributed by atoms with Gasteiger partial charge in [-0.3, -0.25) is 4.79 Å². The van der Waals surface area contributed by atoms with E-state index in [1.807, 2.05) is 43.3 Å². The third-order valence-corrected chi connectivity index (χ3v) is 3.41. The molecule has 0 aromatic heterocycles. The minimum absolute atomic E-state index is 0.151. The molecule has 6 nitrogen and oxygen atoms in total. The van der Waals surface area contributed by atoms with Crippen LogP contribution in [0.1, 0.15) is 11.1 Å². The first-order valence-electron chi connectivity index (χ1n) is 6.88. The highest BCUT2D eigenvalue weighted by Gasteiger charge is 2.02. The number of benzene rings is 1. The lowest BCUT2D eigenvalue weighted by molar-refractivity contribution is -0.116. The van der Waals surface area contributed by atoms with Crippen molar-refractivity contribution in [3.05, 3.63) is 47.5 Å². The van der Waals surface area contributed by atoms with E-state index in [0.29, 0.717) is 13.1 Å². The molecule has 0 atom stereocenters. The molecule has 0 fully saturated rings. The second-order valence-corrected chi connectivity index (χ2v) is 7.13. The third-order valence-electron chi connectivity index (χ3n) is 2.74. The highest BCUT2D eigenvalue weighted by atomic mass is 32.2. The van der Waals surface area contributed by atoms with Gasteiger partial charge >= 0.3 is 0 Å². The first kappa shape index (κ1) is 18.3. The number of hydrogen-bond donors (Lipinski definition) is 2. The summed E-state index contributed by atoms with van der Waals surface area (Å²) in [5, 5.41) is 2.79. The van der Waals surface area contributed by atoms with Crippen LogP contribution in [0.5, 0.6) is 0 Å². The van der Waals surface area contributed by atoms with Gasteiger partial charge in [0.1, 0.15) is 0 Å². The van der Waals surface area contributed by atoms with Crippen LogP contribution >= 0.6 is 0 Å². The van der Waals surface area contributed by atoms with Crippen LogP contribution < -0.4 is 10.0 Å². The Morgan fingerprint density at radius 1 is 1.23 bits per heavy atom. The molecular formula is C15H23N3O3S. The van der Waals surface area contributed by atoms with E-state index in [1.165, 1.54) is 6.08 Å². The van der Waals surface area contributed by atoms with E-state index < -0.39 is 10.0 Å². The van der Waals surface area contributed by atoms with Crippen molar-refractivity contribution in [3.8, 4) is 0 Å². The van der Waals surface area contributed by atoms with Crippen LogP contribution in [0.3, 0.4) is 0 Å². The van der Waals surface area contributed by atoms with Crippen LogP contribution in [0, 0.1) is 0 Å². The molecule has 22 heavy (non-hydrogen) atoms. The minimum Gasteiger partial charge on any atom is -0.348 e. The fourth-order valence-electron chi connectivity index (χ4n) is 1.68. The monoisotopic (exact) mass is 325 g/mol. The number of nitrogens with one attached hydrogen (secondary N) is 2. The van der Waals surface area contributed by atoms with Crippen LogP contribution in [0.2, 0.25) is 0 Å². The maximum Gasteiger partial charge on any atom is 0.243 e. The fraction of sp³-hybridized carbons (Fsp3) is 0.400. The van der Waals surface area contributed by atoms with Gasteiger partial charge in [-0.05, 0) is 25.2 Å². The van der Waals surface area contributed by atoms with Crippen molar-refractivity contribution in [2.75, 3.05) is 26.9 Å². The van der Waals surface area contributed by atoms with Gasteiger partial charge < -0.3 is 10.2 Å². The molecule has 7 heteroatoms. The molecule has 1 amide bonds. The molecule has 0 aliphatic carbocycles. The summed E-state index contributed by atoms with van der Waals surface area (Å²) in [7, 11) is 0.647. The number of carbonyl (C=O) groups excluding carboxylic acids is 1. The lowest BCUT2D eigenvalue weighted by Gasteiger charge is -2.07. The Kier molecular flexibility index (Phi) is 7.23. The Balaban J connectivity index is 2.49. The Bertz CT molecular complexity index is 625. The first-order chi connectivity index (χ1) is 10.3. The molecule has 1 rings (SSSR count). The normalized spacial score (nSPS) is 12.0. The molecule has 0 saturated carbocycles. The lowest BCUT2D eigenvalue weighted by Crippen LogP contribution is -2.22. The predicted octanol–water partition coefficient (Wildman–Crippen LogP) is 0.470. The Morgan fingerprint density at radius 3 is 2.45 bits per heavy atom. The van der Waals surface area contributed by atoms with E-state index in [0.717, 1.165) is 17.4 Å². The average molecular weight is 325 g/mol. The molecule has 0 heterocycles. The number of rotatable bonds is 8. The molecule has 0 aliphatic rings. The van der Waals surface area contributed by atoms with Gasteiger partial charge in [-0.1, -0.05) is 30.3 Å². The maximum absolute atomic E-state index is 11.6. The summed E-state index contributed by atoms with van der Waals surface area (Å²) in [6.45, 7) is 1.35. The van der Waals surface area contributed by atoms with Crippen LogP contribution in [0.4, 0.5) is 0 Å². The van der Waals surface area contributed by atoms with Crippen molar-refractivity contribution in [3.63, 3.8) is 0 Å². The molecule has 0 radical (unpaired) electrons. The number of hydrogen-bond acceptors (Lipinski definition) is 4. The quantitative estimate of drug-likeness (QED) is 0.681. The van der Waals surface area contributed by atoms with Crippen LogP contribution in [-0.2, 0) is 27.9 Å². The summed E-state index contributed by atoms with van der Waals surface area (Å²) < 4.78 is 24.6. The van der Waals surface area contributed by atoms with E-state index in [1.54, 1.807) is 6.08 Å². The second-order valence-electron chi connectivity index (χ2n) is 5.30. The van der Waals surface area contributed by atoms with Gasteiger partial charge in [0.05, 0.1) is 6.26 Å². The number of sulfonamides is 1. The van der Waals surface area contributed by atoms with Crippen molar-refractivity contribution >= 4 is 15.9 Å². The lowest BCUT2D eigenvalue weighted by atomic mass is 10.1. The van der Waals surface area contributed by atoms with Gasteiger partial charge in [-0.2, -0.15) is 0 Å². The Labute approximate surface area is 132 Å². The van der Waals surface area contributed by atoms with Crippen LogP contribution in [0.15, 0.2) is 36.4 Å². The van der Waals surface area contributed by atoms with Crippen LogP contribution in [0.25, 0.3) is 0 Å². The topological polar surface area (TPSA) is 78.5 Å². The molecule has 0 bridgehead atoms. The molecule has 0 saturated heterocycles. The van der Waals surface area contributed by atoms with Crippen molar-refractivity contribution in [2.45, 2.75) is 13.1 Å². The van der Waals surface area contributed by atoms with E-state index in [-0.39, 0.29) is 12.5 Å². The SMILES string of the molecule is CN(C)C/C=C/C(=O)NCc1cccc(CNS(C)(=O)=O)c1. The molecule has 2 N–H and O–H groups in total. The number of nitrogens with zero attached hydrogens (tertiary/aromatic N) is 1. The molecule has 122 valence electrons.